The maximum atomic E-state index is 10.6. The van der Waals surface area contributed by atoms with Gasteiger partial charge in [0.05, 0.1) is 17.7 Å². The van der Waals surface area contributed by atoms with Crippen molar-refractivity contribution in [2.24, 2.45) is 4.99 Å². The molecule has 1 aliphatic carbocycles. The highest BCUT2D eigenvalue weighted by Gasteiger charge is 2.27. The molecule has 2 aromatic carbocycles. The third-order valence-electron chi connectivity index (χ3n) is 6.01. The Hall–Kier alpha value is -3.13. The lowest BCUT2D eigenvalue weighted by Gasteiger charge is -2.20. The van der Waals surface area contributed by atoms with Crippen molar-refractivity contribution in [3.8, 4) is 22.6 Å². The van der Waals surface area contributed by atoms with Gasteiger partial charge in [-0.3, -0.25) is 0 Å². The standard InChI is InChI=1S/C25H28N4O3/c1-28(18-9-10-18)13-20(30)15-32-21-11-7-17(8-12-21)22-14-29(19-5-3-2-4-6-19)24-23(22)26-16-27-25(24)31/h2-8,11-12,14,16,18,20,25,30-31H,9-10,13,15H2,1H3,(H,26,27). The van der Waals surface area contributed by atoms with E-state index in [1.807, 2.05) is 72.4 Å². The van der Waals surface area contributed by atoms with Gasteiger partial charge in [0.1, 0.15) is 18.5 Å². The molecule has 1 fully saturated rings. The second-order valence-electron chi connectivity index (χ2n) is 8.47. The van der Waals surface area contributed by atoms with E-state index in [1.54, 1.807) is 0 Å². The van der Waals surface area contributed by atoms with Gasteiger partial charge in [-0.2, -0.15) is 0 Å². The number of ether oxygens (including phenoxy) is 1. The summed E-state index contributed by atoms with van der Waals surface area (Å²) in [4.78, 5) is 6.70. The molecule has 2 aliphatic rings. The van der Waals surface area contributed by atoms with Crippen LogP contribution < -0.4 is 10.1 Å². The number of aromatic nitrogens is 1. The Balaban J connectivity index is 1.34. The molecule has 2 heterocycles. The summed E-state index contributed by atoms with van der Waals surface area (Å²) < 4.78 is 7.77. The largest absolute Gasteiger partial charge is 0.491 e. The Morgan fingerprint density at radius 1 is 1.16 bits per heavy atom. The average Bonchev–Trinajstić information content (AvgIpc) is 3.59. The number of para-hydroxylation sites is 1. The fraction of sp³-hybridized carbons (Fsp3) is 0.320. The van der Waals surface area contributed by atoms with Crippen LogP contribution in [-0.2, 0) is 0 Å². The summed E-state index contributed by atoms with van der Waals surface area (Å²) in [6.45, 7) is 0.884. The van der Waals surface area contributed by atoms with Crippen molar-refractivity contribution in [3.63, 3.8) is 0 Å². The van der Waals surface area contributed by atoms with Crippen LogP contribution in [0.5, 0.6) is 5.75 Å². The first kappa shape index (κ1) is 20.8. The van der Waals surface area contributed by atoms with Gasteiger partial charge in [-0.1, -0.05) is 30.3 Å². The van der Waals surface area contributed by atoms with E-state index in [-0.39, 0.29) is 6.61 Å². The number of aliphatic hydroxyl groups excluding tert-OH is 2. The molecule has 0 amide bonds. The minimum absolute atomic E-state index is 0.262. The van der Waals surface area contributed by atoms with Gasteiger partial charge in [0.2, 0.25) is 0 Å². The first-order chi connectivity index (χ1) is 15.6. The minimum Gasteiger partial charge on any atom is -0.491 e. The second-order valence-corrected chi connectivity index (χ2v) is 8.47. The Labute approximate surface area is 187 Å². The first-order valence-corrected chi connectivity index (χ1v) is 11.0. The van der Waals surface area contributed by atoms with Gasteiger partial charge in [-0.15, -0.1) is 0 Å². The summed E-state index contributed by atoms with van der Waals surface area (Å²) in [6, 6.07) is 18.3. The first-order valence-electron chi connectivity index (χ1n) is 11.0. The number of likely N-dealkylation sites (N-methyl/N-ethyl adjacent to an activating group) is 1. The summed E-state index contributed by atoms with van der Waals surface area (Å²) in [5.74, 6) is 0.712. The van der Waals surface area contributed by atoms with E-state index in [0.29, 0.717) is 24.0 Å². The minimum atomic E-state index is -0.839. The molecular weight excluding hydrogens is 404 g/mol. The van der Waals surface area contributed by atoms with Crippen LogP contribution in [-0.4, -0.2) is 58.4 Å². The number of aliphatic hydroxyl groups is 2. The average molecular weight is 433 g/mol. The highest BCUT2D eigenvalue weighted by atomic mass is 16.5. The normalized spacial score (nSPS) is 18.3. The molecule has 2 atom stereocenters. The maximum absolute atomic E-state index is 10.6. The summed E-state index contributed by atoms with van der Waals surface area (Å²) >= 11 is 0. The lowest BCUT2D eigenvalue weighted by Crippen LogP contribution is -2.34. The zero-order valence-corrected chi connectivity index (χ0v) is 18.1. The van der Waals surface area contributed by atoms with Gasteiger partial charge in [-0.25, -0.2) is 4.99 Å². The SMILES string of the molecule is CN(CC(O)COc1ccc(-c2cn(-c3ccccc3)c3c2N=CNC3O)cc1)C1CC1. The van der Waals surface area contributed by atoms with Crippen molar-refractivity contribution in [2.75, 3.05) is 20.2 Å². The zero-order valence-electron chi connectivity index (χ0n) is 18.1. The highest BCUT2D eigenvalue weighted by Crippen LogP contribution is 2.41. The van der Waals surface area contributed by atoms with E-state index in [0.717, 1.165) is 22.5 Å². The summed E-state index contributed by atoms with van der Waals surface area (Å²) in [5.41, 5.74) is 4.31. The van der Waals surface area contributed by atoms with Crippen LogP contribution in [0.25, 0.3) is 16.8 Å². The summed E-state index contributed by atoms with van der Waals surface area (Å²) in [6.07, 6.45) is 4.62. The highest BCUT2D eigenvalue weighted by molar-refractivity contribution is 5.83. The topological polar surface area (TPSA) is 82.2 Å². The molecule has 0 spiro atoms. The number of hydrogen-bond acceptors (Lipinski definition) is 6. The number of benzene rings is 2. The molecule has 1 saturated carbocycles. The molecule has 0 saturated heterocycles. The summed E-state index contributed by atoms with van der Waals surface area (Å²) in [5, 5.41) is 23.7. The number of fused-ring (bicyclic) bond motifs is 1. The Morgan fingerprint density at radius 3 is 2.62 bits per heavy atom. The Morgan fingerprint density at radius 2 is 1.91 bits per heavy atom. The predicted molar refractivity (Wildman–Crippen MR) is 125 cm³/mol. The number of aliphatic imine (C=N–C) groups is 1. The molecule has 1 aliphatic heterocycles. The molecule has 32 heavy (non-hydrogen) atoms. The number of nitrogens with zero attached hydrogens (tertiary/aromatic N) is 3. The lowest BCUT2D eigenvalue weighted by molar-refractivity contribution is 0.0742. The van der Waals surface area contributed by atoms with Gasteiger partial charge in [0.25, 0.3) is 0 Å². The van der Waals surface area contributed by atoms with E-state index in [2.05, 4.69) is 15.2 Å². The molecular formula is C25H28N4O3. The third kappa shape index (κ3) is 4.27. The van der Waals surface area contributed by atoms with Crippen LogP contribution >= 0.6 is 0 Å². The smallest absolute Gasteiger partial charge is 0.169 e. The maximum Gasteiger partial charge on any atom is 0.169 e. The number of nitrogens with one attached hydrogen (secondary N) is 1. The van der Waals surface area contributed by atoms with Crippen LogP contribution in [0.3, 0.4) is 0 Å². The van der Waals surface area contributed by atoms with E-state index >= 15 is 0 Å². The van der Waals surface area contributed by atoms with E-state index in [1.165, 1.54) is 19.2 Å². The van der Waals surface area contributed by atoms with E-state index in [4.69, 9.17) is 4.74 Å². The second kappa shape index (κ2) is 8.78. The van der Waals surface area contributed by atoms with Crippen LogP contribution in [0.4, 0.5) is 5.69 Å². The monoisotopic (exact) mass is 432 g/mol. The van der Waals surface area contributed by atoms with Crippen LogP contribution in [0.2, 0.25) is 0 Å². The third-order valence-corrected chi connectivity index (χ3v) is 6.01. The van der Waals surface area contributed by atoms with Crippen molar-refractivity contribution in [3.05, 3.63) is 66.5 Å². The van der Waals surface area contributed by atoms with Crippen LogP contribution in [0.15, 0.2) is 65.8 Å². The molecule has 166 valence electrons. The van der Waals surface area contributed by atoms with Crippen molar-refractivity contribution in [1.82, 2.24) is 14.8 Å². The lowest BCUT2D eigenvalue weighted by atomic mass is 10.1. The van der Waals surface area contributed by atoms with Crippen molar-refractivity contribution in [1.29, 1.82) is 0 Å². The molecule has 7 nitrogen and oxygen atoms in total. The van der Waals surface area contributed by atoms with E-state index < -0.39 is 12.3 Å². The molecule has 7 heteroatoms. The van der Waals surface area contributed by atoms with Crippen molar-refractivity contribution in [2.45, 2.75) is 31.2 Å². The molecule has 3 N–H and O–H groups in total. The van der Waals surface area contributed by atoms with Gasteiger partial charge >= 0.3 is 0 Å². The van der Waals surface area contributed by atoms with E-state index in [9.17, 15) is 10.2 Å². The Kier molecular flexibility index (Phi) is 5.70. The fourth-order valence-corrected chi connectivity index (χ4v) is 4.15. The van der Waals surface area contributed by atoms with Gasteiger partial charge in [0, 0.05) is 30.0 Å². The van der Waals surface area contributed by atoms with Gasteiger partial charge in [0.15, 0.2) is 6.23 Å². The fourth-order valence-electron chi connectivity index (χ4n) is 4.15. The quantitative estimate of drug-likeness (QED) is 0.509. The molecule has 0 bridgehead atoms. The summed E-state index contributed by atoms with van der Waals surface area (Å²) in [7, 11) is 2.05. The predicted octanol–water partition coefficient (Wildman–Crippen LogP) is 3.23. The molecule has 3 aromatic rings. The van der Waals surface area contributed by atoms with Gasteiger partial charge < -0.3 is 29.7 Å². The van der Waals surface area contributed by atoms with Gasteiger partial charge in [-0.05, 0) is 49.7 Å². The Bertz CT molecular complexity index is 1090. The molecule has 1 aromatic heterocycles. The molecule has 2 unspecified atom stereocenters. The van der Waals surface area contributed by atoms with Crippen LogP contribution in [0, 0.1) is 0 Å². The zero-order chi connectivity index (χ0) is 22.1. The molecule has 5 rings (SSSR count). The number of hydrogen-bond donors (Lipinski definition) is 3. The molecule has 0 radical (unpaired) electrons. The van der Waals surface area contributed by atoms with Crippen LogP contribution in [0.1, 0.15) is 24.8 Å². The van der Waals surface area contributed by atoms with Crippen molar-refractivity contribution >= 4 is 12.0 Å². The number of rotatable bonds is 8. The van der Waals surface area contributed by atoms with Crippen molar-refractivity contribution < 1.29 is 14.9 Å².